The van der Waals surface area contributed by atoms with E-state index in [2.05, 4.69) is 12.2 Å². The van der Waals surface area contributed by atoms with Gasteiger partial charge in [0.15, 0.2) is 5.75 Å². The second-order valence-corrected chi connectivity index (χ2v) is 4.97. The number of unbranched alkanes of at least 4 members (excludes halogenated alkanes) is 1. The van der Waals surface area contributed by atoms with Crippen LogP contribution in [0.2, 0.25) is 0 Å². The number of hydrogen-bond acceptors (Lipinski definition) is 5. The predicted octanol–water partition coefficient (Wildman–Crippen LogP) is 3.61. The Labute approximate surface area is 125 Å². The number of hydrogen-bond donors (Lipinski definition) is 1. The summed E-state index contributed by atoms with van der Waals surface area (Å²) in [5.74, 6) is 0.284. The quantitative estimate of drug-likeness (QED) is 0.405. The number of nitrogens with zero attached hydrogens (tertiary/aromatic N) is 1. The molecule has 21 heavy (non-hydrogen) atoms. The van der Waals surface area contributed by atoms with Gasteiger partial charge < -0.3 is 14.8 Å². The average molecular weight is 296 g/mol. The molecule has 0 bridgehead atoms. The van der Waals surface area contributed by atoms with Crippen LogP contribution in [0, 0.1) is 10.1 Å². The molecule has 0 atom stereocenters. The number of para-hydroxylation sites is 1. The van der Waals surface area contributed by atoms with Crippen molar-refractivity contribution in [3.63, 3.8) is 0 Å². The molecule has 0 spiro atoms. The molecule has 1 rings (SSSR count). The van der Waals surface area contributed by atoms with Crippen LogP contribution in [0.3, 0.4) is 0 Å². The van der Waals surface area contributed by atoms with Gasteiger partial charge in [0.25, 0.3) is 0 Å². The van der Waals surface area contributed by atoms with E-state index < -0.39 is 4.92 Å². The Morgan fingerprint density at radius 3 is 2.71 bits per heavy atom. The second-order valence-electron chi connectivity index (χ2n) is 4.97. The van der Waals surface area contributed by atoms with Gasteiger partial charge in [-0.15, -0.1) is 0 Å². The summed E-state index contributed by atoms with van der Waals surface area (Å²) in [5.41, 5.74) is 0.428. The Hall–Kier alpha value is -1.82. The normalized spacial score (nSPS) is 10.7. The van der Waals surface area contributed by atoms with E-state index in [0.29, 0.717) is 18.8 Å². The third-order valence-corrected chi connectivity index (χ3v) is 2.75. The van der Waals surface area contributed by atoms with Crippen LogP contribution in [0.25, 0.3) is 0 Å². The third-order valence-electron chi connectivity index (χ3n) is 2.75. The first-order valence-electron chi connectivity index (χ1n) is 7.32. The molecule has 0 aliphatic heterocycles. The SMILES string of the molecule is CCCCOCCNc1cccc(OC(C)C)c1[N+](=O)[O-]. The van der Waals surface area contributed by atoms with Crippen molar-refractivity contribution in [1.29, 1.82) is 0 Å². The fraction of sp³-hybridized carbons (Fsp3) is 0.600. The molecule has 0 aliphatic carbocycles. The van der Waals surface area contributed by atoms with E-state index in [0.717, 1.165) is 19.4 Å². The molecule has 0 unspecified atom stereocenters. The molecule has 0 aliphatic rings. The maximum absolute atomic E-state index is 11.3. The molecule has 0 saturated heterocycles. The molecule has 0 saturated carbocycles. The van der Waals surface area contributed by atoms with Gasteiger partial charge in [0.05, 0.1) is 17.6 Å². The van der Waals surface area contributed by atoms with Gasteiger partial charge in [-0.1, -0.05) is 19.4 Å². The predicted molar refractivity (Wildman–Crippen MR) is 83.1 cm³/mol. The molecule has 6 heteroatoms. The van der Waals surface area contributed by atoms with Crippen LogP contribution >= 0.6 is 0 Å². The summed E-state index contributed by atoms with van der Waals surface area (Å²) in [4.78, 5) is 10.8. The van der Waals surface area contributed by atoms with Gasteiger partial charge in [0, 0.05) is 13.2 Å². The van der Waals surface area contributed by atoms with Crippen LogP contribution in [0.15, 0.2) is 18.2 Å². The monoisotopic (exact) mass is 296 g/mol. The molecule has 0 heterocycles. The Kier molecular flexibility index (Phi) is 7.53. The highest BCUT2D eigenvalue weighted by atomic mass is 16.6. The van der Waals surface area contributed by atoms with Crippen molar-refractivity contribution in [3.05, 3.63) is 28.3 Å². The van der Waals surface area contributed by atoms with E-state index in [1.165, 1.54) is 0 Å². The first kappa shape index (κ1) is 17.2. The smallest absolute Gasteiger partial charge is 0.333 e. The number of nitro benzene ring substituents is 1. The van der Waals surface area contributed by atoms with Gasteiger partial charge in [-0.25, -0.2) is 0 Å². The molecular weight excluding hydrogens is 272 g/mol. The van der Waals surface area contributed by atoms with Crippen molar-refractivity contribution in [2.45, 2.75) is 39.7 Å². The van der Waals surface area contributed by atoms with Crippen LogP contribution in [-0.4, -0.2) is 30.8 Å². The van der Waals surface area contributed by atoms with E-state index in [4.69, 9.17) is 9.47 Å². The Bertz CT molecular complexity index is 449. The maximum atomic E-state index is 11.3. The first-order valence-corrected chi connectivity index (χ1v) is 7.32. The minimum atomic E-state index is -0.419. The van der Waals surface area contributed by atoms with Crippen LogP contribution in [0.5, 0.6) is 5.75 Å². The Morgan fingerprint density at radius 1 is 1.33 bits per heavy atom. The second kappa shape index (κ2) is 9.18. The fourth-order valence-corrected chi connectivity index (χ4v) is 1.81. The van der Waals surface area contributed by atoms with E-state index in [1.807, 2.05) is 13.8 Å². The summed E-state index contributed by atoms with van der Waals surface area (Å²) in [6, 6.07) is 5.03. The fourth-order valence-electron chi connectivity index (χ4n) is 1.81. The third kappa shape index (κ3) is 5.99. The highest BCUT2D eigenvalue weighted by Crippen LogP contribution is 2.35. The van der Waals surface area contributed by atoms with Crippen molar-refractivity contribution >= 4 is 11.4 Å². The van der Waals surface area contributed by atoms with Crippen molar-refractivity contribution < 1.29 is 14.4 Å². The summed E-state index contributed by atoms with van der Waals surface area (Å²) < 4.78 is 10.9. The molecule has 1 aromatic rings. The van der Waals surface area contributed by atoms with Crippen molar-refractivity contribution in [2.75, 3.05) is 25.1 Å². The zero-order chi connectivity index (χ0) is 15.7. The van der Waals surface area contributed by atoms with Crippen molar-refractivity contribution in [1.82, 2.24) is 0 Å². The highest BCUT2D eigenvalue weighted by Gasteiger charge is 2.21. The first-order chi connectivity index (χ1) is 10.1. The summed E-state index contributed by atoms with van der Waals surface area (Å²) in [6.07, 6.45) is 2.00. The summed E-state index contributed by atoms with van der Waals surface area (Å²) in [7, 11) is 0. The topological polar surface area (TPSA) is 73.6 Å². The molecule has 1 N–H and O–H groups in total. The van der Waals surface area contributed by atoms with Gasteiger partial charge in [-0.3, -0.25) is 10.1 Å². The standard InChI is InChI=1S/C15H24N2O4/c1-4-5-10-20-11-9-16-13-7-6-8-14(21-12(2)3)15(13)17(18)19/h6-8,12,16H,4-5,9-11H2,1-3H3. The maximum Gasteiger partial charge on any atom is 0.333 e. The Balaban J connectivity index is 2.66. The lowest BCUT2D eigenvalue weighted by atomic mass is 10.2. The molecule has 6 nitrogen and oxygen atoms in total. The summed E-state index contributed by atoms with van der Waals surface area (Å²) in [5, 5.41) is 14.3. The number of benzene rings is 1. The minimum absolute atomic E-state index is 0.0280. The molecule has 118 valence electrons. The lowest BCUT2D eigenvalue weighted by Gasteiger charge is -2.13. The molecule has 1 aromatic carbocycles. The van der Waals surface area contributed by atoms with Crippen molar-refractivity contribution in [3.8, 4) is 5.75 Å². The molecule has 0 amide bonds. The van der Waals surface area contributed by atoms with Crippen LogP contribution in [0.4, 0.5) is 11.4 Å². The van der Waals surface area contributed by atoms with Gasteiger partial charge in [0.2, 0.25) is 0 Å². The van der Waals surface area contributed by atoms with Crippen LogP contribution < -0.4 is 10.1 Å². The summed E-state index contributed by atoms with van der Waals surface area (Å²) >= 11 is 0. The Morgan fingerprint density at radius 2 is 2.10 bits per heavy atom. The summed E-state index contributed by atoms with van der Waals surface area (Å²) in [6.45, 7) is 7.54. The van der Waals surface area contributed by atoms with E-state index >= 15 is 0 Å². The highest BCUT2D eigenvalue weighted by molar-refractivity contribution is 5.68. The zero-order valence-corrected chi connectivity index (χ0v) is 12.9. The molecular formula is C15H24N2O4. The number of rotatable bonds is 10. The van der Waals surface area contributed by atoms with Gasteiger partial charge in [-0.05, 0) is 32.4 Å². The van der Waals surface area contributed by atoms with Crippen LogP contribution in [0.1, 0.15) is 33.6 Å². The van der Waals surface area contributed by atoms with Gasteiger partial charge in [0.1, 0.15) is 5.69 Å². The lowest BCUT2D eigenvalue weighted by molar-refractivity contribution is -0.385. The van der Waals surface area contributed by atoms with E-state index in [1.54, 1.807) is 18.2 Å². The number of ether oxygens (including phenoxy) is 2. The molecule has 0 radical (unpaired) electrons. The van der Waals surface area contributed by atoms with E-state index in [9.17, 15) is 10.1 Å². The molecule has 0 fully saturated rings. The zero-order valence-electron chi connectivity index (χ0n) is 12.9. The van der Waals surface area contributed by atoms with Crippen molar-refractivity contribution in [2.24, 2.45) is 0 Å². The largest absolute Gasteiger partial charge is 0.484 e. The number of nitro groups is 1. The average Bonchev–Trinajstić information content (AvgIpc) is 2.41. The lowest BCUT2D eigenvalue weighted by Crippen LogP contribution is -2.12. The van der Waals surface area contributed by atoms with Gasteiger partial charge in [-0.2, -0.15) is 0 Å². The number of nitrogens with one attached hydrogen (secondary N) is 1. The number of anilines is 1. The molecule has 0 aromatic heterocycles. The van der Waals surface area contributed by atoms with E-state index in [-0.39, 0.29) is 17.5 Å². The van der Waals surface area contributed by atoms with Crippen LogP contribution in [-0.2, 0) is 4.74 Å². The minimum Gasteiger partial charge on any atom is -0.484 e. The van der Waals surface area contributed by atoms with Gasteiger partial charge >= 0.3 is 5.69 Å².